The van der Waals surface area contributed by atoms with E-state index in [0.717, 1.165) is 34.6 Å². The topological polar surface area (TPSA) is 50.4 Å². The maximum atomic E-state index is 9.13. The summed E-state index contributed by atoms with van der Waals surface area (Å²) in [5.74, 6) is 0. The zero-order valence-corrected chi connectivity index (χ0v) is 12.0. The van der Waals surface area contributed by atoms with Gasteiger partial charge in [-0.25, -0.2) is 4.98 Å². The lowest BCUT2D eigenvalue weighted by molar-refractivity contribution is 0.282. The molecule has 0 spiro atoms. The molecule has 0 saturated heterocycles. The molecule has 4 heteroatoms. The van der Waals surface area contributed by atoms with Crippen molar-refractivity contribution in [2.24, 2.45) is 0 Å². The van der Waals surface area contributed by atoms with Crippen molar-refractivity contribution in [3.8, 4) is 11.3 Å². The first-order valence-electron chi connectivity index (χ1n) is 7.25. The number of aliphatic hydroxyl groups is 1. The van der Waals surface area contributed by atoms with Gasteiger partial charge in [0.15, 0.2) is 5.65 Å². The van der Waals surface area contributed by atoms with Crippen LogP contribution in [-0.4, -0.2) is 19.5 Å². The van der Waals surface area contributed by atoms with Gasteiger partial charge in [0.2, 0.25) is 0 Å². The Morgan fingerprint density at radius 3 is 2.68 bits per heavy atom. The average molecular weight is 289 g/mol. The van der Waals surface area contributed by atoms with Crippen molar-refractivity contribution in [2.45, 2.75) is 13.0 Å². The third kappa shape index (κ3) is 2.14. The Kier molecular flexibility index (Phi) is 3.09. The summed E-state index contributed by atoms with van der Waals surface area (Å²) < 4.78 is 2.07. The standard InChI is InChI=1S/C18H15N3O/c22-12-13-5-7-14(8-6-13)16-11-21-17(15-3-1-2-4-15)9-20-18(21)10-19-16/h1,3-11,22H,2,12H2. The molecule has 1 aliphatic rings. The number of hydrogen-bond acceptors (Lipinski definition) is 3. The van der Waals surface area contributed by atoms with Crippen molar-refractivity contribution in [1.29, 1.82) is 0 Å². The van der Waals surface area contributed by atoms with Gasteiger partial charge in [-0.05, 0) is 17.6 Å². The molecule has 108 valence electrons. The van der Waals surface area contributed by atoms with Gasteiger partial charge in [0, 0.05) is 11.8 Å². The summed E-state index contributed by atoms with van der Waals surface area (Å²) in [7, 11) is 0. The molecule has 0 aliphatic heterocycles. The smallest absolute Gasteiger partial charge is 0.155 e. The predicted octanol–water partition coefficient (Wildman–Crippen LogP) is 3.23. The number of benzene rings is 1. The number of hydrogen-bond donors (Lipinski definition) is 1. The largest absolute Gasteiger partial charge is 0.392 e. The van der Waals surface area contributed by atoms with Crippen molar-refractivity contribution in [2.75, 3.05) is 0 Å². The lowest BCUT2D eigenvalue weighted by Gasteiger charge is -2.05. The third-order valence-electron chi connectivity index (χ3n) is 3.90. The van der Waals surface area contributed by atoms with Crippen LogP contribution in [0.25, 0.3) is 22.5 Å². The van der Waals surface area contributed by atoms with Gasteiger partial charge in [0.1, 0.15) is 0 Å². The van der Waals surface area contributed by atoms with E-state index in [1.165, 1.54) is 5.57 Å². The highest BCUT2D eigenvalue weighted by Gasteiger charge is 2.10. The normalized spacial score (nSPS) is 13.8. The molecule has 0 radical (unpaired) electrons. The van der Waals surface area contributed by atoms with E-state index in [1.807, 2.05) is 36.7 Å². The highest BCUT2D eigenvalue weighted by atomic mass is 16.3. The lowest BCUT2D eigenvalue weighted by Crippen LogP contribution is -1.94. The number of allylic oxidation sites excluding steroid dienone is 4. The molecule has 4 nitrogen and oxygen atoms in total. The van der Waals surface area contributed by atoms with Crippen molar-refractivity contribution >= 4 is 11.2 Å². The Morgan fingerprint density at radius 2 is 1.95 bits per heavy atom. The van der Waals surface area contributed by atoms with E-state index in [0.29, 0.717) is 0 Å². The Balaban J connectivity index is 1.81. The number of rotatable bonds is 3. The van der Waals surface area contributed by atoms with Gasteiger partial charge in [-0.2, -0.15) is 0 Å². The van der Waals surface area contributed by atoms with Crippen molar-refractivity contribution in [3.05, 3.63) is 72.3 Å². The summed E-state index contributed by atoms with van der Waals surface area (Å²) in [6.45, 7) is 0.0545. The van der Waals surface area contributed by atoms with Crippen LogP contribution in [0.15, 0.2) is 61.1 Å². The van der Waals surface area contributed by atoms with Crippen molar-refractivity contribution in [1.82, 2.24) is 14.4 Å². The lowest BCUT2D eigenvalue weighted by atomic mass is 10.1. The fraction of sp³-hybridized carbons (Fsp3) is 0.111. The second-order valence-corrected chi connectivity index (χ2v) is 5.30. The Labute approximate surface area is 128 Å². The zero-order valence-electron chi connectivity index (χ0n) is 12.0. The van der Waals surface area contributed by atoms with Gasteiger partial charge in [-0.1, -0.05) is 42.5 Å². The summed E-state index contributed by atoms with van der Waals surface area (Å²) in [5.41, 5.74) is 5.93. The van der Waals surface area contributed by atoms with Gasteiger partial charge in [-0.15, -0.1) is 0 Å². The molecule has 0 fully saturated rings. The summed E-state index contributed by atoms with van der Waals surface area (Å²) in [5, 5.41) is 9.13. The van der Waals surface area contributed by atoms with E-state index < -0.39 is 0 Å². The molecule has 0 atom stereocenters. The number of aliphatic hydroxyl groups excluding tert-OH is 1. The summed E-state index contributed by atoms with van der Waals surface area (Å²) >= 11 is 0. The van der Waals surface area contributed by atoms with E-state index in [1.54, 1.807) is 6.20 Å². The SMILES string of the molecule is OCc1ccc(-c2cn3c(C4=CCC=C4)cnc3cn2)cc1. The maximum Gasteiger partial charge on any atom is 0.155 e. The van der Waals surface area contributed by atoms with Crippen LogP contribution in [0.4, 0.5) is 0 Å². The number of imidazole rings is 1. The van der Waals surface area contributed by atoms with Crippen LogP contribution in [0.3, 0.4) is 0 Å². The Hall–Kier alpha value is -2.72. The zero-order chi connectivity index (χ0) is 14.9. The minimum absolute atomic E-state index is 0.0545. The van der Waals surface area contributed by atoms with E-state index >= 15 is 0 Å². The molecule has 3 aromatic rings. The predicted molar refractivity (Wildman–Crippen MR) is 86.1 cm³/mol. The second kappa shape index (κ2) is 5.24. The van der Waals surface area contributed by atoms with Crippen LogP contribution in [0, 0.1) is 0 Å². The molecule has 2 heterocycles. The summed E-state index contributed by atoms with van der Waals surface area (Å²) in [4.78, 5) is 8.91. The van der Waals surface area contributed by atoms with Crippen LogP contribution < -0.4 is 0 Å². The van der Waals surface area contributed by atoms with E-state index in [2.05, 4.69) is 32.6 Å². The summed E-state index contributed by atoms with van der Waals surface area (Å²) in [6, 6.07) is 7.78. The first kappa shape index (κ1) is 13.0. The first-order valence-corrected chi connectivity index (χ1v) is 7.25. The van der Waals surface area contributed by atoms with E-state index in [-0.39, 0.29) is 6.61 Å². The average Bonchev–Trinajstić information content (AvgIpc) is 3.23. The van der Waals surface area contributed by atoms with Crippen LogP contribution in [0.1, 0.15) is 17.7 Å². The monoisotopic (exact) mass is 289 g/mol. The minimum atomic E-state index is 0.0545. The highest BCUT2D eigenvalue weighted by molar-refractivity contribution is 5.76. The number of fused-ring (bicyclic) bond motifs is 1. The quantitative estimate of drug-likeness (QED) is 0.805. The van der Waals surface area contributed by atoms with Crippen LogP contribution in [0.2, 0.25) is 0 Å². The Morgan fingerprint density at radius 1 is 1.09 bits per heavy atom. The summed E-state index contributed by atoms with van der Waals surface area (Å²) in [6.07, 6.45) is 13.1. The van der Waals surface area contributed by atoms with Crippen molar-refractivity contribution < 1.29 is 5.11 Å². The van der Waals surface area contributed by atoms with Gasteiger partial charge in [0.05, 0.1) is 30.4 Å². The van der Waals surface area contributed by atoms with Gasteiger partial charge < -0.3 is 5.11 Å². The highest BCUT2D eigenvalue weighted by Crippen LogP contribution is 2.24. The molecule has 2 aromatic heterocycles. The fourth-order valence-electron chi connectivity index (χ4n) is 2.68. The van der Waals surface area contributed by atoms with Gasteiger partial charge >= 0.3 is 0 Å². The molecular formula is C18H15N3O. The maximum absolute atomic E-state index is 9.13. The molecule has 1 aliphatic carbocycles. The molecule has 1 aromatic carbocycles. The first-order chi connectivity index (χ1) is 10.8. The number of nitrogens with zero attached hydrogens (tertiary/aromatic N) is 3. The molecule has 1 N–H and O–H groups in total. The van der Waals surface area contributed by atoms with Crippen LogP contribution in [-0.2, 0) is 6.61 Å². The molecule has 22 heavy (non-hydrogen) atoms. The molecule has 0 unspecified atom stereocenters. The molecular weight excluding hydrogens is 274 g/mol. The molecule has 0 saturated carbocycles. The fourth-order valence-corrected chi connectivity index (χ4v) is 2.68. The number of aromatic nitrogens is 3. The minimum Gasteiger partial charge on any atom is -0.392 e. The van der Waals surface area contributed by atoms with Gasteiger partial charge in [0.25, 0.3) is 0 Å². The second-order valence-electron chi connectivity index (χ2n) is 5.30. The van der Waals surface area contributed by atoms with Gasteiger partial charge in [-0.3, -0.25) is 9.38 Å². The molecule has 4 rings (SSSR count). The molecule has 0 amide bonds. The van der Waals surface area contributed by atoms with E-state index in [9.17, 15) is 0 Å². The molecule has 0 bridgehead atoms. The van der Waals surface area contributed by atoms with E-state index in [4.69, 9.17) is 5.11 Å². The third-order valence-corrected chi connectivity index (χ3v) is 3.90. The van der Waals surface area contributed by atoms with Crippen LogP contribution in [0.5, 0.6) is 0 Å². The van der Waals surface area contributed by atoms with Crippen LogP contribution >= 0.6 is 0 Å². The van der Waals surface area contributed by atoms with Crippen molar-refractivity contribution in [3.63, 3.8) is 0 Å². The Bertz CT molecular complexity index is 888.